The SMILES string of the molecule is Cc1nc([N+](=O)[O-])c(NC(C)CN)n1C. The van der Waals surface area contributed by atoms with Gasteiger partial charge in [0.2, 0.25) is 11.6 Å². The topological polar surface area (TPSA) is 99.0 Å². The molecule has 1 rings (SSSR count). The Balaban J connectivity index is 3.08. The van der Waals surface area contributed by atoms with E-state index in [4.69, 9.17) is 5.73 Å². The maximum absolute atomic E-state index is 10.7. The van der Waals surface area contributed by atoms with Crippen molar-refractivity contribution >= 4 is 11.6 Å². The maximum Gasteiger partial charge on any atom is 0.406 e. The Morgan fingerprint density at radius 3 is 2.80 bits per heavy atom. The van der Waals surface area contributed by atoms with Crippen LogP contribution in [0.25, 0.3) is 0 Å². The number of rotatable bonds is 4. The molecule has 84 valence electrons. The number of nitrogens with one attached hydrogen (secondary N) is 1. The van der Waals surface area contributed by atoms with Crippen LogP contribution in [0.3, 0.4) is 0 Å². The Bertz CT molecular complexity index is 373. The molecule has 7 nitrogen and oxygen atoms in total. The van der Waals surface area contributed by atoms with Gasteiger partial charge in [0.05, 0.1) is 0 Å². The lowest BCUT2D eigenvalue weighted by Gasteiger charge is -2.12. The zero-order chi connectivity index (χ0) is 11.6. The smallest absolute Gasteiger partial charge is 0.361 e. The second-order valence-corrected chi connectivity index (χ2v) is 3.43. The summed E-state index contributed by atoms with van der Waals surface area (Å²) in [5.74, 6) is 0.833. The van der Waals surface area contributed by atoms with Crippen LogP contribution in [0.4, 0.5) is 11.6 Å². The molecule has 0 bridgehead atoms. The first kappa shape index (κ1) is 11.4. The van der Waals surface area contributed by atoms with Crippen molar-refractivity contribution in [2.75, 3.05) is 11.9 Å². The van der Waals surface area contributed by atoms with E-state index in [2.05, 4.69) is 10.3 Å². The quantitative estimate of drug-likeness (QED) is 0.557. The number of nitrogens with two attached hydrogens (primary N) is 1. The van der Waals surface area contributed by atoms with Gasteiger partial charge in [-0.2, -0.15) is 0 Å². The highest BCUT2D eigenvalue weighted by molar-refractivity contribution is 5.54. The standard InChI is InChI=1S/C8H15N5O2/c1-5(4-9)10-7-8(13(14)15)11-6(2)12(7)3/h5,10H,4,9H2,1-3H3. The number of anilines is 1. The largest absolute Gasteiger partial charge is 0.406 e. The van der Waals surface area contributed by atoms with Crippen LogP contribution in [0.15, 0.2) is 0 Å². The van der Waals surface area contributed by atoms with Gasteiger partial charge >= 0.3 is 5.82 Å². The van der Waals surface area contributed by atoms with Crippen molar-refractivity contribution in [2.24, 2.45) is 12.8 Å². The molecule has 1 atom stereocenters. The Hall–Kier alpha value is -1.63. The molecule has 0 fully saturated rings. The number of hydrogen-bond acceptors (Lipinski definition) is 5. The lowest BCUT2D eigenvalue weighted by atomic mass is 10.3. The van der Waals surface area contributed by atoms with Gasteiger partial charge < -0.3 is 21.2 Å². The van der Waals surface area contributed by atoms with E-state index in [1.165, 1.54) is 0 Å². The average Bonchev–Trinajstić information content (AvgIpc) is 2.46. The van der Waals surface area contributed by atoms with Gasteiger partial charge in [-0.15, -0.1) is 0 Å². The minimum absolute atomic E-state index is 0.0292. The Morgan fingerprint density at radius 1 is 1.73 bits per heavy atom. The van der Waals surface area contributed by atoms with Crippen LogP contribution >= 0.6 is 0 Å². The highest BCUT2D eigenvalue weighted by Gasteiger charge is 2.24. The molecule has 0 spiro atoms. The van der Waals surface area contributed by atoms with Crippen molar-refractivity contribution in [3.63, 3.8) is 0 Å². The highest BCUT2D eigenvalue weighted by Crippen LogP contribution is 2.24. The minimum atomic E-state index is -0.501. The number of aromatic nitrogens is 2. The van der Waals surface area contributed by atoms with E-state index in [9.17, 15) is 10.1 Å². The van der Waals surface area contributed by atoms with Gasteiger partial charge in [0, 0.05) is 26.6 Å². The molecule has 0 amide bonds. The molecule has 1 aromatic heterocycles. The normalized spacial score (nSPS) is 12.5. The third-order valence-electron chi connectivity index (χ3n) is 2.21. The summed E-state index contributed by atoms with van der Waals surface area (Å²) in [6.45, 7) is 3.97. The molecule has 3 N–H and O–H groups in total. The molecule has 0 aliphatic rings. The molecule has 0 aliphatic heterocycles. The molecule has 0 aliphatic carbocycles. The highest BCUT2D eigenvalue weighted by atomic mass is 16.6. The van der Waals surface area contributed by atoms with Crippen molar-refractivity contribution in [2.45, 2.75) is 19.9 Å². The number of hydrogen-bond donors (Lipinski definition) is 2. The predicted molar refractivity (Wildman–Crippen MR) is 56.7 cm³/mol. The summed E-state index contributed by atoms with van der Waals surface area (Å²) in [6, 6.07) is -0.0292. The van der Waals surface area contributed by atoms with Gasteiger partial charge in [0.25, 0.3) is 0 Å². The molecule has 15 heavy (non-hydrogen) atoms. The molecule has 0 saturated heterocycles. The van der Waals surface area contributed by atoms with E-state index in [0.717, 1.165) is 0 Å². The second-order valence-electron chi connectivity index (χ2n) is 3.43. The van der Waals surface area contributed by atoms with Gasteiger partial charge in [-0.25, -0.2) is 0 Å². The first-order chi connectivity index (χ1) is 6.97. The number of nitrogens with zero attached hydrogens (tertiary/aromatic N) is 3. The summed E-state index contributed by atoms with van der Waals surface area (Å²) in [4.78, 5) is 14.1. The zero-order valence-electron chi connectivity index (χ0n) is 9.02. The van der Waals surface area contributed by atoms with Crippen LogP contribution in [0.5, 0.6) is 0 Å². The van der Waals surface area contributed by atoms with E-state index in [1.54, 1.807) is 18.5 Å². The summed E-state index contributed by atoms with van der Waals surface area (Å²) in [7, 11) is 1.72. The Morgan fingerprint density at radius 2 is 2.33 bits per heavy atom. The molecule has 0 aromatic carbocycles. The Kier molecular flexibility index (Phi) is 3.25. The van der Waals surface area contributed by atoms with E-state index in [0.29, 0.717) is 18.2 Å². The van der Waals surface area contributed by atoms with Gasteiger partial charge in [0.1, 0.15) is 0 Å². The molecule has 1 aromatic rings. The number of nitro groups is 1. The zero-order valence-corrected chi connectivity index (χ0v) is 9.02. The molecule has 1 unspecified atom stereocenters. The summed E-state index contributed by atoms with van der Waals surface area (Å²) < 4.78 is 1.64. The lowest BCUT2D eigenvalue weighted by molar-refractivity contribution is -0.388. The summed E-state index contributed by atoms with van der Waals surface area (Å²) >= 11 is 0. The monoisotopic (exact) mass is 213 g/mol. The maximum atomic E-state index is 10.7. The first-order valence-corrected chi connectivity index (χ1v) is 4.61. The van der Waals surface area contributed by atoms with Crippen molar-refractivity contribution in [1.29, 1.82) is 0 Å². The summed E-state index contributed by atoms with van der Waals surface area (Å²) in [5, 5.41) is 13.7. The van der Waals surface area contributed by atoms with Gasteiger partial charge in [-0.05, 0) is 16.8 Å². The lowest BCUT2D eigenvalue weighted by Crippen LogP contribution is -2.26. The summed E-state index contributed by atoms with van der Waals surface area (Å²) in [6.07, 6.45) is 0. The van der Waals surface area contributed by atoms with Gasteiger partial charge in [-0.1, -0.05) is 0 Å². The fourth-order valence-electron chi connectivity index (χ4n) is 1.17. The van der Waals surface area contributed by atoms with Crippen LogP contribution in [0.1, 0.15) is 12.7 Å². The van der Waals surface area contributed by atoms with Crippen molar-refractivity contribution in [3.8, 4) is 0 Å². The third kappa shape index (κ3) is 2.24. The molecular weight excluding hydrogens is 198 g/mol. The fraction of sp³-hybridized carbons (Fsp3) is 0.625. The van der Waals surface area contributed by atoms with E-state index >= 15 is 0 Å². The average molecular weight is 213 g/mol. The van der Waals surface area contributed by atoms with Gasteiger partial charge in [-0.3, -0.25) is 4.57 Å². The van der Waals surface area contributed by atoms with Crippen LogP contribution in [-0.4, -0.2) is 27.1 Å². The minimum Gasteiger partial charge on any atom is -0.361 e. The molecule has 0 saturated carbocycles. The second kappa shape index (κ2) is 4.26. The number of aryl methyl sites for hydroxylation is 1. The van der Waals surface area contributed by atoms with Crippen LogP contribution in [0, 0.1) is 17.0 Å². The molecular formula is C8H15N5O2. The van der Waals surface area contributed by atoms with Crippen molar-refractivity contribution in [3.05, 3.63) is 15.9 Å². The summed E-state index contributed by atoms with van der Waals surface area (Å²) in [5.41, 5.74) is 5.44. The third-order valence-corrected chi connectivity index (χ3v) is 2.21. The predicted octanol–water partition coefficient (Wildman–Crippen LogP) is 0.396. The van der Waals surface area contributed by atoms with Crippen molar-refractivity contribution < 1.29 is 4.92 Å². The molecule has 7 heteroatoms. The number of imidazole rings is 1. The van der Waals surface area contributed by atoms with Gasteiger partial charge in [0.15, 0.2) is 0 Å². The van der Waals surface area contributed by atoms with Crippen LogP contribution in [0.2, 0.25) is 0 Å². The van der Waals surface area contributed by atoms with Crippen LogP contribution < -0.4 is 11.1 Å². The van der Waals surface area contributed by atoms with E-state index < -0.39 is 4.92 Å². The molecule has 0 radical (unpaired) electrons. The van der Waals surface area contributed by atoms with Crippen LogP contribution in [-0.2, 0) is 7.05 Å². The Labute approximate surface area is 87.4 Å². The first-order valence-electron chi connectivity index (χ1n) is 4.61. The van der Waals surface area contributed by atoms with E-state index in [1.807, 2.05) is 6.92 Å². The van der Waals surface area contributed by atoms with Crippen molar-refractivity contribution in [1.82, 2.24) is 9.55 Å². The fourth-order valence-corrected chi connectivity index (χ4v) is 1.17. The van der Waals surface area contributed by atoms with E-state index in [-0.39, 0.29) is 11.9 Å². The molecule has 1 heterocycles.